The van der Waals surface area contributed by atoms with Gasteiger partial charge in [0, 0.05) is 43.2 Å². The molecule has 0 saturated carbocycles. The minimum atomic E-state index is -0.638. The third-order valence-electron chi connectivity index (χ3n) is 6.18. The Balaban J connectivity index is 1.77. The van der Waals surface area contributed by atoms with E-state index in [0.717, 1.165) is 25.7 Å². The number of pyridine rings is 1. The van der Waals surface area contributed by atoms with E-state index in [2.05, 4.69) is 17.1 Å². The highest BCUT2D eigenvalue weighted by Gasteiger charge is 2.25. The van der Waals surface area contributed by atoms with Crippen molar-refractivity contribution in [1.29, 1.82) is 5.26 Å². The maximum atomic E-state index is 14.4. The van der Waals surface area contributed by atoms with E-state index in [-0.39, 0.29) is 17.6 Å². The average molecular weight is 525 g/mol. The van der Waals surface area contributed by atoms with Crippen LogP contribution in [0.25, 0.3) is 11.3 Å². The van der Waals surface area contributed by atoms with Crippen molar-refractivity contribution in [2.75, 3.05) is 18.0 Å². The molecule has 1 amide bonds. The molecule has 3 rings (SSSR count). The van der Waals surface area contributed by atoms with Crippen LogP contribution in [0, 0.1) is 17.1 Å². The smallest absolute Gasteiger partial charge is 0.407 e. The van der Waals surface area contributed by atoms with E-state index < -0.39 is 17.5 Å². The van der Waals surface area contributed by atoms with Crippen LogP contribution in [-0.2, 0) is 9.53 Å². The summed E-state index contributed by atoms with van der Waals surface area (Å²) in [5, 5.41) is 12.0. The SMILES string of the molecule is CCCCCCC(=O)Oc1cc(-c2ccc(C#N)c(F)c2)nc(N2CCC(NC(=O)OC(C)(C)C)CC2)c1. The zero-order chi connectivity index (χ0) is 27.7. The van der Waals surface area contributed by atoms with Gasteiger partial charge in [-0.2, -0.15) is 5.26 Å². The lowest BCUT2D eigenvalue weighted by molar-refractivity contribution is -0.134. The number of nitrogens with one attached hydrogen (secondary N) is 1. The fourth-order valence-corrected chi connectivity index (χ4v) is 4.23. The van der Waals surface area contributed by atoms with Crippen molar-refractivity contribution in [3.63, 3.8) is 0 Å². The molecule has 204 valence electrons. The number of piperidine rings is 1. The third kappa shape index (κ3) is 8.72. The van der Waals surface area contributed by atoms with Crippen molar-refractivity contribution in [2.24, 2.45) is 0 Å². The third-order valence-corrected chi connectivity index (χ3v) is 6.18. The number of carbonyl (C=O) groups excluding carboxylic acids is 2. The number of amides is 1. The lowest BCUT2D eigenvalue weighted by atomic mass is 10.0. The number of anilines is 1. The van der Waals surface area contributed by atoms with Crippen LogP contribution >= 0.6 is 0 Å². The number of ether oxygens (including phenoxy) is 2. The largest absolute Gasteiger partial charge is 0.444 e. The van der Waals surface area contributed by atoms with Crippen LogP contribution in [0.2, 0.25) is 0 Å². The van der Waals surface area contributed by atoms with Gasteiger partial charge in [-0.15, -0.1) is 0 Å². The fourth-order valence-electron chi connectivity index (χ4n) is 4.23. The maximum Gasteiger partial charge on any atom is 0.407 e. The molecular formula is C29H37FN4O4. The predicted octanol–water partition coefficient (Wildman–Crippen LogP) is 6.13. The molecule has 1 aromatic heterocycles. The Morgan fingerprint density at radius 1 is 1.16 bits per heavy atom. The van der Waals surface area contributed by atoms with Gasteiger partial charge in [0.25, 0.3) is 0 Å². The van der Waals surface area contributed by atoms with Crippen LogP contribution < -0.4 is 15.0 Å². The summed E-state index contributed by atoms with van der Waals surface area (Å²) in [6, 6.07) is 9.42. The molecule has 2 aromatic rings. The summed E-state index contributed by atoms with van der Waals surface area (Å²) in [6.07, 6.45) is 5.13. The topological polar surface area (TPSA) is 105 Å². The van der Waals surface area contributed by atoms with E-state index in [0.29, 0.717) is 55.2 Å². The number of alkyl carbamates (subject to hydrolysis) is 1. The number of carbonyl (C=O) groups is 2. The highest BCUT2D eigenvalue weighted by atomic mass is 19.1. The number of benzene rings is 1. The second kappa shape index (κ2) is 13.2. The molecule has 8 nitrogen and oxygen atoms in total. The number of halogens is 1. The second-order valence-electron chi connectivity index (χ2n) is 10.5. The highest BCUT2D eigenvalue weighted by Crippen LogP contribution is 2.30. The standard InChI is InChI=1S/C29H37FN4O4/c1-5-6-7-8-9-27(35)37-23-17-25(20-10-11-21(19-31)24(30)16-20)33-26(18-23)34-14-12-22(13-15-34)32-28(36)38-29(2,3)4/h10-11,16-18,22H,5-9,12-15H2,1-4H3,(H,32,36). The fraction of sp³-hybridized carbons (Fsp3) is 0.517. The molecule has 9 heteroatoms. The van der Waals surface area contributed by atoms with Gasteiger partial charge in [-0.1, -0.05) is 32.3 Å². The van der Waals surface area contributed by atoms with Gasteiger partial charge in [0.15, 0.2) is 0 Å². The first-order chi connectivity index (χ1) is 18.1. The first-order valence-electron chi connectivity index (χ1n) is 13.2. The minimum absolute atomic E-state index is 0.0303. The number of nitrogens with zero attached hydrogens (tertiary/aromatic N) is 3. The molecule has 0 spiro atoms. The van der Waals surface area contributed by atoms with Gasteiger partial charge < -0.3 is 19.7 Å². The summed E-state index contributed by atoms with van der Waals surface area (Å²) in [5.74, 6) is -0.0304. The maximum absolute atomic E-state index is 14.4. The van der Waals surface area contributed by atoms with E-state index >= 15 is 0 Å². The van der Waals surface area contributed by atoms with E-state index in [1.165, 1.54) is 12.1 Å². The molecule has 0 radical (unpaired) electrons. The Labute approximate surface area is 224 Å². The molecule has 1 fully saturated rings. The van der Waals surface area contributed by atoms with Crippen LogP contribution in [0.1, 0.15) is 78.2 Å². The Bertz CT molecular complexity index is 1160. The molecule has 1 aliphatic heterocycles. The van der Waals surface area contributed by atoms with Gasteiger partial charge in [-0.05, 0) is 52.2 Å². The summed E-state index contributed by atoms with van der Waals surface area (Å²) in [6.45, 7) is 8.81. The van der Waals surface area contributed by atoms with E-state index in [4.69, 9.17) is 19.7 Å². The number of nitriles is 1. The normalized spacial score (nSPS) is 14.1. The van der Waals surface area contributed by atoms with Crippen molar-refractivity contribution in [2.45, 2.75) is 84.3 Å². The van der Waals surface area contributed by atoms with Crippen molar-refractivity contribution < 1.29 is 23.5 Å². The van der Waals surface area contributed by atoms with Crippen molar-refractivity contribution >= 4 is 17.9 Å². The number of hydrogen-bond donors (Lipinski definition) is 1. The van der Waals surface area contributed by atoms with Gasteiger partial charge in [0.2, 0.25) is 0 Å². The van der Waals surface area contributed by atoms with Crippen molar-refractivity contribution in [1.82, 2.24) is 10.3 Å². The summed E-state index contributed by atoms with van der Waals surface area (Å²) in [5.41, 5.74) is 0.297. The number of aromatic nitrogens is 1. The van der Waals surface area contributed by atoms with Crippen molar-refractivity contribution in [3.05, 3.63) is 41.7 Å². The van der Waals surface area contributed by atoms with Gasteiger partial charge in [-0.25, -0.2) is 14.2 Å². The molecule has 0 atom stereocenters. The summed E-state index contributed by atoms with van der Waals surface area (Å²) >= 11 is 0. The van der Waals surface area contributed by atoms with Gasteiger partial charge in [0.05, 0.1) is 11.3 Å². The Kier molecular flexibility index (Phi) is 10.1. The first kappa shape index (κ1) is 28.9. The first-order valence-corrected chi connectivity index (χ1v) is 13.2. The molecule has 38 heavy (non-hydrogen) atoms. The molecular weight excluding hydrogens is 487 g/mol. The zero-order valence-electron chi connectivity index (χ0n) is 22.7. The van der Waals surface area contributed by atoms with Crippen molar-refractivity contribution in [3.8, 4) is 23.1 Å². The quantitative estimate of drug-likeness (QED) is 0.311. The zero-order valence-corrected chi connectivity index (χ0v) is 22.7. The molecule has 0 aliphatic carbocycles. The van der Waals surface area contributed by atoms with Gasteiger partial charge >= 0.3 is 12.1 Å². The van der Waals surface area contributed by atoms with Crippen LogP contribution in [0.3, 0.4) is 0 Å². The van der Waals surface area contributed by atoms with Crippen LogP contribution in [0.5, 0.6) is 5.75 Å². The lowest BCUT2D eigenvalue weighted by Crippen LogP contribution is -2.46. The average Bonchev–Trinajstić information content (AvgIpc) is 2.85. The minimum Gasteiger partial charge on any atom is -0.444 e. The molecule has 1 saturated heterocycles. The molecule has 0 bridgehead atoms. The van der Waals surface area contributed by atoms with E-state index in [9.17, 15) is 14.0 Å². The molecule has 1 aromatic carbocycles. The number of hydrogen-bond acceptors (Lipinski definition) is 7. The van der Waals surface area contributed by atoms with E-state index in [1.807, 2.05) is 26.8 Å². The predicted molar refractivity (Wildman–Crippen MR) is 143 cm³/mol. The van der Waals surface area contributed by atoms with Gasteiger partial charge in [-0.3, -0.25) is 4.79 Å². The second-order valence-corrected chi connectivity index (χ2v) is 10.5. The highest BCUT2D eigenvalue weighted by molar-refractivity contribution is 5.74. The van der Waals surface area contributed by atoms with Crippen LogP contribution in [0.15, 0.2) is 30.3 Å². The summed E-state index contributed by atoms with van der Waals surface area (Å²) in [4.78, 5) is 31.4. The summed E-state index contributed by atoms with van der Waals surface area (Å²) < 4.78 is 25.4. The molecule has 1 N–H and O–H groups in total. The monoisotopic (exact) mass is 524 g/mol. The number of rotatable bonds is 9. The Hall–Kier alpha value is -3.67. The number of unbranched alkanes of at least 4 members (excludes halogenated alkanes) is 3. The van der Waals surface area contributed by atoms with Crippen LogP contribution in [0.4, 0.5) is 15.0 Å². The molecule has 2 heterocycles. The summed E-state index contributed by atoms with van der Waals surface area (Å²) in [7, 11) is 0. The number of esters is 1. The van der Waals surface area contributed by atoms with Crippen LogP contribution in [-0.4, -0.2) is 41.8 Å². The Morgan fingerprint density at radius 2 is 1.89 bits per heavy atom. The van der Waals surface area contributed by atoms with Gasteiger partial charge in [0.1, 0.15) is 29.1 Å². The Morgan fingerprint density at radius 3 is 2.53 bits per heavy atom. The lowest BCUT2D eigenvalue weighted by Gasteiger charge is -2.33. The molecule has 1 aliphatic rings. The van der Waals surface area contributed by atoms with E-state index in [1.54, 1.807) is 18.2 Å². The molecule has 0 unspecified atom stereocenters.